The fourth-order valence-corrected chi connectivity index (χ4v) is 3.19. The van der Waals surface area contributed by atoms with Crippen LogP contribution in [0.3, 0.4) is 0 Å². The van der Waals surface area contributed by atoms with E-state index in [1.807, 2.05) is 6.07 Å². The van der Waals surface area contributed by atoms with Crippen molar-refractivity contribution in [1.82, 2.24) is 0 Å². The molecule has 7 nitrogen and oxygen atoms in total. The minimum atomic E-state index is -3.48. The summed E-state index contributed by atoms with van der Waals surface area (Å²) in [5, 5.41) is 0. The Labute approximate surface area is 131 Å². The average Bonchev–Trinajstić information content (AvgIpc) is 2.53. The second-order valence-electron chi connectivity index (χ2n) is 4.90. The lowest BCUT2D eigenvalue weighted by Gasteiger charge is -2.29. The van der Waals surface area contributed by atoms with Crippen LogP contribution in [-0.4, -0.2) is 61.3 Å². The van der Waals surface area contributed by atoms with Gasteiger partial charge < -0.3 is 19.1 Å². The molecule has 1 N–H and O–H groups in total. The minimum absolute atomic E-state index is 0.103. The van der Waals surface area contributed by atoms with Gasteiger partial charge in [-0.3, -0.25) is 4.72 Å². The number of benzene rings is 1. The van der Waals surface area contributed by atoms with Crippen LogP contribution in [-0.2, 0) is 19.5 Å². The molecule has 124 valence electrons. The molecular weight excluding hydrogens is 308 g/mol. The molecule has 1 aliphatic rings. The molecule has 0 radical (unpaired) electrons. The molecule has 8 heteroatoms. The highest BCUT2D eigenvalue weighted by Gasteiger charge is 2.17. The molecule has 1 heterocycles. The second-order valence-corrected chi connectivity index (χ2v) is 6.74. The SMILES string of the molecule is COCCS(=O)(=O)Nc1cc(N2CCOCC2)ccc1OC. The van der Waals surface area contributed by atoms with Crippen molar-refractivity contribution in [3.8, 4) is 5.75 Å². The maximum atomic E-state index is 12.0. The zero-order chi connectivity index (χ0) is 16.0. The van der Waals surface area contributed by atoms with E-state index < -0.39 is 10.0 Å². The Morgan fingerprint density at radius 1 is 1.27 bits per heavy atom. The maximum Gasteiger partial charge on any atom is 0.235 e. The summed E-state index contributed by atoms with van der Waals surface area (Å²) < 4.78 is 42.0. The predicted octanol–water partition coefficient (Wildman–Crippen LogP) is 0.920. The van der Waals surface area contributed by atoms with Crippen LogP contribution in [0, 0.1) is 0 Å². The van der Waals surface area contributed by atoms with Crippen molar-refractivity contribution in [2.75, 3.05) is 62.5 Å². The second kappa shape index (κ2) is 7.66. The molecule has 0 aromatic heterocycles. The fourth-order valence-electron chi connectivity index (χ4n) is 2.21. The van der Waals surface area contributed by atoms with E-state index in [9.17, 15) is 8.42 Å². The predicted molar refractivity (Wildman–Crippen MR) is 85.3 cm³/mol. The van der Waals surface area contributed by atoms with Gasteiger partial charge in [0.1, 0.15) is 5.75 Å². The molecule has 22 heavy (non-hydrogen) atoms. The van der Waals surface area contributed by atoms with E-state index in [2.05, 4.69) is 9.62 Å². The van der Waals surface area contributed by atoms with E-state index in [-0.39, 0.29) is 12.4 Å². The summed E-state index contributed by atoms with van der Waals surface area (Å²) in [6, 6.07) is 5.46. The maximum absolute atomic E-state index is 12.0. The molecule has 1 aromatic carbocycles. The first-order valence-electron chi connectivity index (χ1n) is 7.06. The Kier molecular flexibility index (Phi) is 5.87. The average molecular weight is 330 g/mol. The quantitative estimate of drug-likeness (QED) is 0.801. The zero-order valence-electron chi connectivity index (χ0n) is 12.9. The molecule has 0 atom stereocenters. The molecule has 0 amide bonds. The van der Waals surface area contributed by atoms with Gasteiger partial charge in [0.15, 0.2) is 0 Å². The van der Waals surface area contributed by atoms with Gasteiger partial charge in [-0.1, -0.05) is 0 Å². The molecule has 1 saturated heterocycles. The molecule has 0 aliphatic carbocycles. The summed E-state index contributed by atoms with van der Waals surface area (Å²) in [5.74, 6) is 0.382. The molecule has 0 saturated carbocycles. The lowest BCUT2D eigenvalue weighted by molar-refractivity contribution is 0.122. The van der Waals surface area contributed by atoms with Gasteiger partial charge in [0, 0.05) is 25.9 Å². The Hall–Kier alpha value is -1.51. The third-order valence-electron chi connectivity index (χ3n) is 3.38. The Bertz CT molecular complexity index is 585. The first-order chi connectivity index (χ1) is 10.6. The van der Waals surface area contributed by atoms with Gasteiger partial charge in [-0.2, -0.15) is 0 Å². The zero-order valence-corrected chi connectivity index (χ0v) is 13.7. The third kappa shape index (κ3) is 4.49. The minimum Gasteiger partial charge on any atom is -0.495 e. The first-order valence-corrected chi connectivity index (χ1v) is 8.71. The van der Waals surface area contributed by atoms with Gasteiger partial charge >= 0.3 is 0 Å². The van der Waals surface area contributed by atoms with Gasteiger partial charge in [-0.25, -0.2) is 8.42 Å². The summed E-state index contributed by atoms with van der Waals surface area (Å²) in [6.07, 6.45) is 0. The number of ether oxygens (including phenoxy) is 3. The van der Waals surface area contributed by atoms with E-state index in [0.717, 1.165) is 18.8 Å². The molecule has 0 spiro atoms. The first kappa shape index (κ1) is 16.9. The Morgan fingerprint density at radius 3 is 2.64 bits per heavy atom. The number of nitrogens with zero attached hydrogens (tertiary/aromatic N) is 1. The Morgan fingerprint density at radius 2 is 2.00 bits per heavy atom. The van der Waals surface area contributed by atoms with Gasteiger partial charge in [0.05, 0.1) is 38.4 Å². The van der Waals surface area contributed by atoms with Crippen LogP contribution in [0.4, 0.5) is 11.4 Å². The number of anilines is 2. The fraction of sp³-hybridized carbons (Fsp3) is 0.571. The standard InChI is InChI=1S/C14H22N2O5S/c1-19-9-10-22(17,18)15-13-11-12(3-4-14(13)20-2)16-5-7-21-8-6-16/h3-4,11,15H,5-10H2,1-2H3. The molecule has 1 fully saturated rings. The summed E-state index contributed by atoms with van der Waals surface area (Å²) >= 11 is 0. The third-order valence-corrected chi connectivity index (χ3v) is 4.62. The van der Waals surface area contributed by atoms with E-state index in [1.165, 1.54) is 14.2 Å². The van der Waals surface area contributed by atoms with Gasteiger partial charge in [0.25, 0.3) is 0 Å². The summed E-state index contributed by atoms with van der Waals surface area (Å²) in [4.78, 5) is 2.15. The lowest BCUT2D eigenvalue weighted by atomic mass is 10.2. The van der Waals surface area contributed by atoms with Crippen molar-refractivity contribution in [3.05, 3.63) is 18.2 Å². The van der Waals surface area contributed by atoms with Gasteiger partial charge in [0.2, 0.25) is 10.0 Å². The van der Waals surface area contributed by atoms with Crippen LogP contribution in [0.15, 0.2) is 18.2 Å². The highest BCUT2D eigenvalue weighted by molar-refractivity contribution is 7.92. The molecule has 1 aromatic rings. The van der Waals surface area contributed by atoms with Gasteiger partial charge in [-0.15, -0.1) is 0 Å². The number of nitrogens with one attached hydrogen (secondary N) is 1. The molecule has 2 rings (SSSR count). The van der Waals surface area contributed by atoms with Crippen LogP contribution < -0.4 is 14.4 Å². The summed E-state index contributed by atoms with van der Waals surface area (Å²) in [7, 11) is -0.497. The number of morpholine rings is 1. The molecular formula is C14H22N2O5S. The molecule has 1 aliphatic heterocycles. The highest BCUT2D eigenvalue weighted by Crippen LogP contribution is 2.30. The van der Waals surface area contributed by atoms with E-state index in [4.69, 9.17) is 14.2 Å². The molecule has 0 bridgehead atoms. The van der Waals surface area contributed by atoms with Crippen molar-refractivity contribution >= 4 is 21.4 Å². The smallest absolute Gasteiger partial charge is 0.235 e. The largest absolute Gasteiger partial charge is 0.495 e. The van der Waals surface area contributed by atoms with Crippen LogP contribution in [0.5, 0.6) is 5.75 Å². The van der Waals surface area contributed by atoms with Crippen molar-refractivity contribution in [3.63, 3.8) is 0 Å². The molecule has 0 unspecified atom stereocenters. The van der Waals surface area contributed by atoms with Crippen LogP contribution in [0.25, 0.3) is 0 Å². The summed E-state index contributed by atoms with van der Waals surface area (Å²) in [5.41, 5.74) is 1.37. The van der Waals surface area contributed by atoms with Crippen molar-refractivity contribution in [2.24, 2.45) is 0 Å². The normalized spacial score (nSPS) is 15.6. The van der Waals surface area contributed by atoms with Crippen molar-refractivity contribution < 1.29 is 22.6 Å². The van der Waals surface area contributed by atoms with E-state index >= 15 is 0 Å². The number of sulfonamides is 1. The van der Waals surface area contributed by atoms with Crippen molar-refractivity contribution in [1.29, 1.82) is 0 Å². The van der Waals surface area contributed by atoms with Gasteiger partial charge in [-0.05, 0) is 18.2 Å². The van der Waals surface area contributed by atoms with Crippen LogP contribution >= 0.6 is 0 Å². The number of hydrogen-bond acceptors (Lipinski definition) is 6. The van der Waals surface area contributed by atoms with E-state index in [1.54, 1.807) is 12.1 Å². The number of hydrogen-bond donors (Lipinski definition) is 1. The monoisotopic (exact) mass is 330 g/mol. The van der Waals surface area contributed by atoms with Crippen LogP contribution in [0.1, 0.15) is 0 Å². The number of methoxy groups -OCH3 is 2. The summed E-state index contributed by atoms with van der Waals surface area (Å²) in [6.45, 7) is 3.03. The Balaban J connectivity index is 2.20. The topological polar surface area (TPSA) is 77.1 Å². The van der Waals surface area contributed by atoms with E-state index in [0.29, 0.717) is 24.7 Å². The lowest BCUT2D eigenvalue weighted by Crippen LogP contribution is -2.36. The number of rotatable bonds is 7. The van der Waals surface area contributed by atoms with Crippen molar-refractivity contribution in [2.45, 2.75) is 0 Å². The van der Waals surface area contributed by atoms with Crippen LogP contribution in [0.2, 0.25) is 0 Å². The highest BCUT2D eigenvalue weighted by atomic mass is 32.2.